The summed E-state index contributed by atoms with van der Waals surface area (Å²) in [6.45, 7) is 11.9. The fraction of sp³-hybridized carbons (Fsp3) is 0.429. The molecule has 0 spiro atoms. The molecular formula is C14H21NO. The Kier molecular flexibility index (Phi) is 5.65. The van der Waals surface area contributed by atoms with Crippen LogP contribution in [0.4, 0.5) is 0 Å². The van der Waals surface area contributed by atoms with Crippen LogP contribution in [-0.2, 0) is 0 Å². The molecule has 2 nitrogen and oxygen atoms in total. The molecule has 0 radical (unpaired) electrons. The molecule has 1 rings (SSSR count). The summed E-state index contributed by atoms with van der Waals surface area (Å²) in [4.78, 5) is 2.35. The lowest BCUT2D eigenvalue weighted by atomic mass is 10.2. The van der Waals surface area contributed by atoms with Crippen LogP contribution in [0.5, 0.6) is 5.75 Å². The quantitative estimate of drug-likeness (QED) is 0.699. The van der Waals surface area contributed by atoms with Gasteiger partial charge in [0.1, 0.15) is 12.4 Å². The monoisotopic (exact) mass is 219 g/mol. The molecule has 2 heteroatoms. The Labute approximate surface area is 98.5 Å². The van der Waals surface area contributed by atoms with Gasteiger partial charge in [-0.05, 0) is 30.8 Å². The molecule has 0 aliphatic rings. The minimum Gasteiger partial charge on any atom is -0.492 e. The van der Waals surface area contributed by atoms with Crippen LogP contribution in [0.3, 0.4) is 0 Å². The van der Waals surface area contributed by atoms with Gasteiger partial charge in [-0.1, -0.05) is 38.6 Å². The summed E-state index contributed by atoms with van der Waals surface area (Å²) in [6, 6.07) is 8.00. The molecule has 88 valence electrons. The summed E-state index contributed by atoms with van der Waals surface area (Å²) in [5.74, 6) is 0.928. The zero-order valence-electron chi connectivity index (χ0n) is 10.3. The summed E-state index contributed by atoms with van der Waals surface area (Å²) in [6.07, 6.45) is 1.83. The Balaban J connectivity index is 2.34. The highest BCUT2D eigenvalue weighted by Gasteiger charge is 1.99. The molecule has 0 atom stereocenters. The van der Waals surface area contributed by atoms with E-state index < -0.39 is 0 Å². The maximum Gasteiger partial charge on any atom is 0.119 e. The molecule has 0 bridgehead atoms. The summed E-state index contributed by atoms with van der Waals surface area (Å²) in [5, 5.41) is 0. The van der Waals surface area contributed by atoms with Crippen LogP contribution < -0.4 is 4.74 Å². The first-order chi connectivity index (χ1) is 7.80. The van der Waals surface area contributed by atoms with Crippen LogP contribution >= 0.6 is 0 Å². The molecular weight excluding hydrogens is 198 g/mol. The molecule has 0 fully saturated rings. The normalized spacial score (nSPS) is 10.4. The van der Waals surface area contributed by atoms with Crippen molar-refractivity contribution in [1.29, 1.82) is 0 Å². The first kappa shape index (κ1) is 12.8. The first-order valence-electron chi connectivity index (χ1n) is 5.87. The molecule has 16 heavy (non-hydrogen) atoms. The standard InChI is InChI=1S/C14H21NO/c1-4-13-7-9-14(10-8-13)16-12-11-15(5-2)6-3/h4,7-10H,1,5-6,11-12H2,2-3H3. The number of ether oxygens (including phenoxy) is 1. The molecule has 1 aromatic rings. The highest BCUT2D eigenvalue weighted by molar-refractivity contribution is 5.48. The van der Waals surface area contributed by atoms with Gasteiger partial charge in [-0.25, -0.2) is 0 Å². The zero-order chi connectivity index (χ0) is 11.8. The second kappa shape index (κ2) is 7.07. The number of hydrogen-bond acceptors (Lipinski definition) is 2. The molecule has 1 aromatic carbocycles. The SMILES string of the molecule is C=Cc1ccc(OCCN(CC)CC)cc1. The highest BCUT2D eigenvalue weighted by atomic mass is 16.5. The van der Waals surface area contributed by atoms with Crippen molar-refractivity contribution in [2.24, 2.45) is 0 Å². The van der Waals surface area contributed by atoms with E-state index >= 15 is 0 Å². The number of likely N-dealkylation sites (N-methyl/N-ethyl adjacent to an activating group) is 1. The van der Waals surface area contributed by atoms with Crippen LogP contribution in [-0.4, -0.2) is 31.1 Å². The maximum absolute atomic E-state index is 5.66. The van der Waals surface area contributed by atoms with Gasteiger partial charge in [0, 0.05) is 6.54 Å². The third kappa shape index (κ3) is 4.07. The van der Waals surface area contributed by atoms with Gasteiger partial charge in [0.15, 0.2) is 0 Å². The van der Waals surface area contributed by atoms with Crippen molar-refractivity contribution < 1.29 is 4.74 Å². The van der Waals surface area contributed by atoms with E-state index in [1.165, 1.54) is 0 Å². The maximum atomic E-state index is 5.66. The Morgan fingerprint density at radius 2 is 1.81 bits per heavy atom. The van der Waals surface area contributed by atoms with E-state index in [1.54, 1.807) is 0 Å². The summed E-state index contributed by atoms with van der Waals surface area (Å²) < 4.78 is 5.66. The predicted octanol–water partition coefficient (Wildman–Crippen LogP) is 3.05. The van der Waals surface area contributed by atoms with Crippen molar-refractivity contribution >= 4 is 6.08 Å². The largest absolute Gasteiger partial charge is 0.492 e. The van der Waals surface area contributed by atoms with Crippen LogP contribution in [0.2, 0.25) is 0 Å². The van der Waals surface area contributed by atoms with Gasteiger partial charge in [0.05, 0.1) is 0 Å². The van der Waals surface area contributed by atoms with Gasteiger partial charge in [-0.2, -0.15) is 0 Å². The number of hydrogen-bond donors (Lipinski definition) is 0. The lowest BCUT2D eigenvalue weighted by molar-refractivity contribution is 0.223. The lowest BCUT2D eigenvalue weighted by Crippen LogP contribution is -2.27. The third-order valence-corrected chi connectivity index (χ3v) is 2.69. The van der Waals surface area contributed by atoms with Crippen LogP contribution in [0.15, 0.2) is 30.8 Å². The molecule has 0 aliphatic carbocycles. The Hall–Kier alpha value is -1.28. The molecule has 0 aromatic heterocycles. The molecule has 0 saturated carbocycles. The Morgan fingerprint density at radius 1 is 1.19 bits per heavy atom. The Bertz CT molecular complexity index is 301. The average molecular weight is 219 g/mol. The average Bonchev–Trinajstić information content (AvgIpc) is 2.35. The second-order valence-corrected chi connectivity index (χ2v) is 3.65. The molecule has 0 amide bonds. The fourth-order valence-electron chi connectivity index (χ4n) is 1.53. The fourth-order valence-corrected chi connectivity index (χ4v) is 1.53. The van der Waals surface area contributed by atoms with Crippen molar-refractivity contribution in [3.8, 4) is 5.75 Å². The van der Waals surface area contributed by atoms with E-state index in [4.69, 9.17) is 4.74 Å². The lowest BCUT2D eigenvalue weighted by Gasteiger charge is -2.17. The molecule has 0 saturated heterocycles. The van der Waals surface area contributed by atoms with Crippen LogP contribution in [0.1, 0.15) is 19.4 Å². The molecule has 0 heterocycles. The van der Waals surface area contributed by atoms with Gasteiger partial charge >= 0.3 is 0 Å². The summed E-state index contributed by atoms with van der Waals surface area (Å²) in [7, 11) is 0. The minimum atomic E-state index is 0.745. The summed E-state index contributed by atoms with van der Waals surface area (Å²) >= 11 is 0. The van der Waals surface area contributed by atoms with E-state index in [0.29, 0.717) is 0 Å². The number of benzene rings is 1. The second-order valence-electron chi connectivity index (χ2n) is 3.65. The molecule has 0 aliphatic heterocycles. The van der Waals surface area contributed by atoms with Crippen molar-refractivity contribution in [1.82, 2.24) is 4.90 Å². The van der Waals surface area contributed by atoms with E-state index in [9.17, 15) is 0 Å². The third-order valence-electron chi connectivity index (χ3n) is 2.69. The van der Waals surface area contributed by atoms with Crippen molar-refractivity contribution in [3.63, 3.8) is 0 Å². The van der Waals surface area contributed by atoms with E-state index in [2.05, 4.69) is 25.3 Å². The van der Waals surface area contributed by atoms with Gasteiger partial charge in [0.2, 0.25) is 0 Å². The van der Waals surface area contributed by atoms with Crippen molar-refractivity contribution in [3.05, 3.63) is 36.4 Å². The Morgan fingerprint density at radius 3 is 2.31 bits per heavy atom. The van der Waals surface area contributed by atoms with Crippen LogP contribution in [0.25, 0.3) is 6.08 Å². The van der Waals surface area contributed by atoms with E-state index in [-0.39, 0.29) is 0 Å². The highest BCUT2D eigenvalue weighted by Crippen LogP contribution is 2.12. The van der Waals surface area contributed by atoms with E-state index in [0.717, 1.165) is 37.6 Å². The topological polar surface area (TPSA) is 12.5 Å². The number of rotatable bonds is 7. The summed E-state index contributed by atoms with van der Waals surface area (Å²) in [5.41, 5.74) is 1.12. The van der Waals surface area contributed by atoms with Gasteiger partial charge in [-0.15, -0.1) is 0 Å². The van der Waals surface area contributed by atoms with Gasteiger partial charge in [-0.3, -0.25) is 0 Å². The van der Waals surface area contributed by atoms with Crippen molar-refractivity contribution in [2.45, 2.75) is 13.8 Å². The zero-order valence-corrected chi connectivity index (χ0v) is 10.3. The van der Waals surface area contributed by atoms with E-state index in [1.807, 2.05) is 30.3 Å². The first-order valence-corrected chi connectivity index (χ1v) is 5.87. The molecule has 0 N–H and O–H groups in total. The van der Waals surface area contributed by atoms with Gasteiger partial charge in [0.25, 0.3) is 0 Å². The van der Waals surface area contributed by atoms with Gasteiger partial charge < -0.3 is 9.64 Å². The van der Waals surface area contributed by atoms with Crippen molar-refractivity contribution in [2.75, 3.05) is 26.2 Å². The molecule has 0 unspecified atom stereocenters. The predicted molar refractivity (Wildman–Crippen MR) is 69.8 cm³/mol. The van der Waals surface area contributed by atoms with Crippen LogP contribution in [0, 0.1) is 0 Å². The minimum absolute atomic E-state index is 0.745. The smallest absolute Gasteiger partial charge is 0.119 e. The number of nitrogens with zero attached hydrogens (tertiary/aromatic N) is 1.